The molecule has 3 aromatic rings. The van der Waals surface area contributed by atoms with Gasteiger partial charge in [-0.3, -0.25) is 9.10 Å². The third-order valence-corrected chi connectivity index (χ3v) is 6.47. The molecule has 0 fully saturated rings. The Labute approximate surface area is 187 Å². The number of anilines is 1. The molecule has 1 heterocycles. The van der Waals surface area contributed by atoms with Gasteiger partial charge in [0, 0.05) is 29.6 Å². The second kappa shape index (κ2) is 9.11. The molecular weight excluding hydrogens is 436 g/mol. The monoisotopic (exact) mass is 460 g/mol. The molecule has 164 valence electrons. The van der Waals surface area contributed by atoms with Gasteiger partial charge in [-0.1, -0.05) is 29.8 Å². The summed E-state index contributed by atoms with van der Waals surface area (Å²) in [6.45, 7) is 5.53. The van der Waals surface area contributed by atoms with Crippen molar-refractivity contribution in [3.05, 3.63) is 76.8 Å². The highest BCUT2D eigenvalue weighted by Crippen LogP contribution is 2.28. The number of imidazole rings is 1. The Morgan fingerprint density at radius 3 is 2.45 bits per heavy atom. The van der Waals surface area contributed by atoms with Crippen molar-refractivity contribution < 1.29 is 13.2 Å². The topological polar surface area (TPSA) is 84.3 Å². The molecule has 1 atom stereocenters. The molecule has 0 aliphatic heterocycles. The molecule has 2 aromatic carbocycles. The fourth-order valence-corrected chi connectivity index (χ4v) is 4.75. The third kappa shape index (κ3) is 5.26. The number of aromatic nitrogens is 2. The van der Waals surface area contributed by atoms with E-state index in [0.29, 0.717) is 16.3 Å². The second-order valence-electron chi connectivity index (χ2n) is 7.39. The van der Waals surface area contributed by atoms with Crippen molar-refractivity contribution in [2.75, 3.05) is 10.6 Å². The largest absolute Gasteiger partial charge is 0.350 e. The van der Waals surface area contributed by atoms with Crippen LogP contribution < -0.4 is 9.62 Å². The summed E-state index contributed by atoms with van der Waals surface area (Å²) in [6.07, 6.45) is 4.69. The van der Waals surface area contributed by atoms with E-state index in [9.17, 15) is 13.2 Å². The summed E-state index contributed by atoms with van der Waals surface area (Å²) in [5.41, 5.74) is 2.96. The maximum absolute atomic E-state index is 12.8. The third-order valence-electron chi connectivity index (χ3n) is 5.00. The van der Waals surface area contributed by atoms with E-state index in [0.717, 1.165) is 27.6 Å². The molecule has 0 bridgehead atoms. The maximum Gasteiger partial charge on any atom is 0.243 e. The SMILES string of the molecule is Cc1ccc(Cl)cc1N(C(C)C(=O)NCc1ccc(-n2ccnc2C)cc1)S(C)(=O)=O. The van der Waals surface area contributed by atoms with Gasteiger partial charge >= 0.3 is 0 Å². The van der Waals surface area contributed by atoms with Crippen LogP contribution in [-0.2, 0) is 21.4 Å². The fraction of sp³-hybridized carbons (Fsp3) is 0.273. The molecule has 0 radical (unpaired) electrons. The Kier molecular flexibility index (Phi) is 6.71. The summed E-state index contributed by atoms with van der Waals surface area (Å²) in [7, 11) is -3.71. The van der Waals surface area contributed by atoms with E-state index < -0.39 is 22.0 Å². The van der Waals surface area contributed by atoms with E-state index in [2.05, 4.69) is 10.3 Å². The summed E-state index contributed by atoms with van der Waals surface area (Å²) in [5, 5.41) is 3.22. The van der Waals surface area contributed by atoms with Gasteiger partial charge in [0.15, 0.2) is 0 Å². The van der Waals surface area contributed by atoms with E-state index in [-0.39, 0.29) is 6.54 Å². The Balaban J connectivity index is 1.74. The molecule has 3 rings (SSSR count). The molecule has 0 spiro atoms. The van der Waals surface area contributed by atoms with E-state index >= 15 is 0 Å². The predicted molar refractivity (Wildman–Crippen MR) is 123 cm³/mol. The van der Waals surface area contributed by atoms with Crippen LogP contribution in [0.3, 0.4) is 0 Å². The zero-order chi connectivity index (χ0) is 22.8. The summed E-state index contributed by atoms with van der Waals surface area (Å²) >= 11 is 6.07. The van der Waals surface area contributed by atoms with E-state index in [4.69, 9.17) is 11.6 Å². The average molecular weight is 461 g/mol. The molecule has 0 saturated heterocycles. The molecule has 1 unspecified atom stereocenters. The van der Waals surface area contributed by atoms with Gasteiger partial charge in [-0.05, 0) is 56.2 Å². The van der Waals surface area contributed by atoms with Crippen LogP contribution >= 0.6 is 11.6 Å². The number of sulfonamides is 1. The Morgan fingerprint density at radius 2 is 1.87 bits per heavy atom. The van der Waals surface area contributed by atoms with E-state index in [1.165, 1.54) is 0 Å². The van der Waals surface area contributed by atoms with Gasteiger partial charge in [-0.15, -0.1) is 0 Å². The van der Waals surface area contributed by atoms with Crippen LogP contribution in [0.4, 0.5) is 5.69 Å². The first-order chi connectivity index (χ1) is 14.6. The molecule has 9 heteroatoms. The molecule has 1 amide bonds. The Bertz CT molecular complexity index is 1190. The minimum atomic E-state index is -3.71. The number of hydrogen-bond donors (Lipinski definition) is 1. The minimum Gasteiger partial charge on any atom is -0.350 e. The van der Waals surface area contributed by atoms with Gasteiger partial charge in [0.2, 0.25) is 15.9 Å². The number of amides is 1. The highest BCUT2D eigenvalue weighted by Gasteiger charge is 2.30. The van der Waals surface area contributed by atoms with Crippen LogP contribution in [0.1, 0.15) is 23.9 Å². The molecule has 0 aliphatic rings. The number of nitrogens with zero attached hydrogens (tertiary/aromatic N) is 3. The Hall–Kier alpha value is -2.84. The smallest absolute Gasteiger partial charge is 0.243 e. The molecule has 7 nitrogen and oxygen atoms in total. The number of aryl methyl sites for hydroxylation is 2. The van der Waals surface area contributed by atoms with Crippen molar-refractivity contribution in [2.45, 2.75) is 33.4 Å². The number of carbonyl (C=O) groups excluding carboxylic acids is 1. The van der Waals surface area contributed by atoms with Crippen molar-refractivity contribution in [3.63, 3.8) is 0 Å². The number of halogens is 1. The normalized spacial score (nSPS) is 12.4. The lowest BCUT2D eigenvalue weighted by Gasteiger charge is -2.29. The van der Waals surface area contributed by atoms with Gasteiger partial charge < -0.3 is 9.88 Å². The quantitative estimate of drug-likeness (QED) is 0.583. The van der Waals surface area contributed by atoms with Crippen LogP contribution in [0, 0.1) is 13.8 Å². The number of hydrogen-bond acceptors (Lipinski definition) is 4. The lowest BCUT2D eigenvalue weighted by molar-refractivity contribution is -0.122. The highest BCUT2D eigenvalue weighted by molar-refractivity contribution is 7.92. The van der Waals surface area contributed by atoms with Gasteiger partial charge in [0.25, 0.3) is 0 Å². The van der Waals surface area contributed by atoms with Crippen LogP contribution in [0.5, 0.6) is 0 Å². The van der Waals surface area contributed by atoms with Crippen molar-refractivity contribution in [3.8, 4) is 5.69 Å². The standard InChI is InChI=1S/C22H25ClN4O3S/c1-15-5-8-19(23)13-21(15)27(31(4,29)30)16(2)22(28)25-14-18-6-9-20(10-7-18)26-12-11-24-17(26)3/h5-13,16H,14H2,1-4H3,(H,25,28). The summed E-state index contributed by atoms with van der Waals surface area (Å²) in [4.78, 5) is 17.0. The summed E-state index contributed by atoms with van der Waals surface area (Å²) < 4.78 is 28.0. The summed E-state index contributed by atoms with van der Waals surface area (Å²) in [5.74, 6) is 0.478. The first-order valence-corrected chi connectivity index (χ1v) is 11.9. The van der Waals surface area contributed by atoms with Crippen molar-refractivity contribution in [1.82, 2.24) is 14.9 Å². The number of rotatable bonds is 7. The molecular formula is C22H25ClN4O3S. The fourth-order valence-electron chi connectivity index (χ4n) is 3.36. The van der Waals surface area contributed by atoms with Gasteiger partial charge in [0.1, 0.15) is 11.9 Å². The average Bonchev–Trinajstić information content (AvgIpc) is 3.14. The number of nitrogens with one attached hydrogen (secondary N) is 1. The van der Waals surface area contributed by atoms with Gasteiger partial charge in [-0.25, -0.2) is 13.4 Å². The van der Waals surface area contributed by atoms with Gasteiger partial charge in [0.05, 0.1) is 11.9 Å². The molecule has 31 heavy (non-hydrogen) atoms. The van der Waals surface area contributed by atoms with Gasteiger partial charge in [-0.2, -0.15) is 0 Å². The van der Waals surface area contributed by atoms with Crippen LogP contribution in [-0.4, -0.2) is 36.2 Å². The molecule has 1 N–H and O–H groups in total. The maximum atomic E-state index is 12.8. The zero-order valence-corrected chi connectivity index (χ0v) is 19.4. The molecule has 1 aromatic heterocycles. The van der Waals surface area contributed by atoms with Crippen molar-refractivity contribution in [1.29, 1.82) is 0 Å². The van der Waals surface area contributed by atoms with Crippen LogP contribution in [0.25, 0.3) is 5.69 Å². The second-order valence-corrected chi connectivity index (χ2v) is 9.69. The first kappa shape index (κ1) is 22.8. The Morgan fingerprint density at radius 1 is 1.19 bits per heavy atom. The zero-order valence-electron chi connectivity index (χ0n) is 17.8. The van der Waals surface area contributed by atoms with Crippen molar-refractivity contribution in [2.24, 2.45) is 0 Å². The van der Waals surface area contributed by atoms with Crippen LogP contribution in [0.15, 0.2) is 54.9 Å². The lowest BCUT2D eigenvalue weighted by atomic mass is 10.1. The van der Waals surface area contributed by atoms with E-state index in [1.807, 2.05) is 42.0 Å². The van der Waals surface area contributed by atoms with Crippen LogP contribution in [0.2, 0.25) is 5.02 Å². The lowest BCUT2D eigenvalue weighted by Crippen LogP contribution is -2.48. The first-order valence-electron chi connectivity index (χ1n) is 9.70. The molecule has 0 aliphatic carbocycles. The number of carbonyl (C=O) groups is 1. The number of benzene rings is 2. The predicted octanol–water partition coefficient (Wildman–Crippen LogP) is 3.61. The summed E-state index contributed by atoms with van der Waals surface area (Å²) in [6, 6.07) is 11.7. The molecule has 0 saturated carbocycles. The highest BCUT2D eigenvalue weighted by atomic mass is 35.5. The van der Waals surface area contributed by atoms with E-state index in [1.54, 1.807) is 38.2 Å². The van der Waals surface area contributed by atoms with Crippen molar-refractivity contribution >= 4 is 33.2 Å². The minimum absolute atomic E-state index is 0.276.